The van der Waals surface area contributed by atoms with Crippen LogP contribution in [-0.2, 0) is 23.7 Å². The van der Waals surface area contributed by atoms with Crippen LogP contribution < -0.4 is 11.1 Å². The molecule has 3 aliphatic heterocycles. The van der Waals surface area contributed by atoms with Crippen LogP contribution in [0.25, 0.3) is 0 Å². The summed E-state index contributed by atoms with van der Waals surface area (Å²) in [6.45, 7) is 3.32. The second-order valence-corrected chi connectivity index (χ2v) is 10.3. The van der Waals surface area contributed by atoms with Gasteiger partial charge in [0, 0.05) is 5.75 Å². The largest absolute Gasteiger partial charge is 0.477 e. The van der Waals surface area contributed by atoms with Crippen LogP contribution in [0, 0.1) is 0 Å². The highest BCUT2D eigenvalue weighted by atomic mass is 32.2. The lowest BCUT2D eigenvalue weighted by atomic mass is 10.0. The van der Waals surface area contributed by atoms with Crippen molar-refractivity contribution >= 4 is 37.1 Å². The van der Waals surface area contributed by atoms with E-state index < -0.39 is 48.7 Å². The minimum Gasteiger partial charge on any atom is -0.477 e. The van der Waals surface area contributed by atoms with Gasteiger partial charge < -0.3 is 30.7 Å². The zero-order valence-electron chi connectivity index (χ0n) is 17.2. The Labute approximate surface area is 188 Å². The molecule has 6 N–H and O–H groups in total. The average Bonchev–Trinajstić information content (AvgIpc) is 3.49. The molecule has 2 fully saturated rings. The summed E-state index contributed by atoms with van der Waals surface area (Å²) in [6, 6.07) is 7.23. The highest BCUT2D eigenvalue weighted by Crippen LogP contribution is 2.52. The summed E-state index contributed by atoms with van der Waals surface area (Å²) in [5.74, 6) is -2.31. The third-order valence-electron chi connectivity index (χ3n) is 5.11. The molecule has 11 nitrogen and oxygen atoms in total. The van der Waals surface area contributed by atoms with Gasteiger partial charge in [0.25, 0.3) is 5.91 Å². The maximum atomic E-state index is 12.3. The molecule has 1 aromatic carbocycles. The normalized spacial score (nSPS) is 27.4. The van der Waals surface area contributed by atoms with E-state index in [4.69, 9.17) is 15.5 Å². The molecule has 2 amide bonds. The number of nitrogens with one attached hydrogen (secondary N) is 1. The van der Waals surface area contributed by atoms with Gasteiger partial charge in [-0.3, -0.25) is 19.1 Å². The van der Waals surface area contributed by atoms with Crippen LogP contribution >= 0.6 is 19.4 Å². The molecule has 0 aromatic heterocycles. The predicted molar refractivity (Wildman–Crippen MR) is 115 cm³/mol. The molecule has 0 bridgehead atoms. The lowest BCUT2D eigenvalue weighted by molar-refractivity contribution is -0.150. The minimum absolute atomic E-state index is 0.0154. The summed E-state index contributed by atoms with van der Waals surface area (Å²) in [6.07, 6.45) is -0.254. The minimum atomic E-state index is -3.90. The highest BCUT2D eigenvalue weighted by Gasteiger charge is 2.54. The fourth-order valence-electron chi connectivity index (χ4n) is 3.36. The van der Waals surface area contributed by atoms with Gasteiger partial charge in [-0.05, 0) is 25.0 Å². The number of hydrogen-bond donors (Lipinski definition) is 5. The third-order valence-corrected chi connectivity index (χ3v) is 7.74. The molecule has 1 aromatic rings. The number of ether oxygens (including phenoxy) is 1. The molecule has 2 saturated heterocycles. The van der Waals surface area contributed by atoms with Crippen molar-refractivity contribution in [1.82, 2.24) is 10.2 Å². The molecular formula is C19H24N3O8PS. The van der Waals surface area contributed by atoms with Crippen LogP contribution in [0.15, 0.2) is 41.6 Å². The first-order valence-electron chi connectivity index (χ1n) is 9.62. The number of carbonyl (C=O) groups is 3. The van der Waals surface area contributed by atoms with E-state index in [-0.39, 0.29) is 11.8 Å². The molecule has 0 saturated carbocycles. The molecule has 3 heterocycles. The molecule has 174 valence electrons. The predicted octanol–water partition coefficient (Wildman–Crippen LogP) is 0.354. The number of epoxide rings is 1. The van der Waals surface area contributed by atoms with Crippen molar-refractivity contribution in [3.05, 3.63) is 47.2 Å². The molecule has 0 radical (unpaired) electrons. The number of nitrogens with zero attached hydrogens (tertiary/aromatic N) is 1. The molecule has 5 unspecified atom stereocenters. The first-order chi connectivity index (χ1) is 14.9. The van der Waals surface area contributed by atoms with E-state index in [1.807, 2.05) is 6.07 Å². The van der Waals surface area contributed by atoms with Crippen LogP contribution in [0.2, 0.25) is 0 Å². The first-order valence-corrected chi connectivity index (χ1v) is 12.4. The van der Waals surface area contributed by atoms with Crippen LogP contribution in [0.5, 0.6) is 0 Å². The number of fused-ring (bicyclic) bond motifs is 1. The van der Waals surface area contributed by atoms with Gasteiger partial charge in [-0.15, -0.1) is 11.8 Å². The Morgan fingerprint density at radius 3 is 2.38 bits per heavy atom. The average molecular weight is 485 g/mol. The van der Waals surface area contributed by atoms with Crippen molar-refractivity contribution < 1.29 is 38.6 Å². The number of rotatable bonds is 5. The summed E-state index contributed by atoms with van der Waals surface area (Å²) in [4.78, 5) is 53.8. The van der Waals surface area contributed by atoms with Crippen LogP contribution in [0.3, 0.4) is 0 Å². The van der Waals surface area contributed by atoms with E-state index in [1.165, 1.54) is 16.7 Å². The molecule has 4 rings (SSSR count). The Bertz CT molecular complexity index is 998. The van der Waals surface area contributed by atoms with E-state index in [0.29, 0.717) is 16.9 Å². The highest BCUT2D eigenvalue weighted by molar-refractivity contribution is 8.00. The number of nitrogens with two attached hydrogens (primary N) is 1. The Morgan fingerprint density at radius 1 is 1.31 bits per heavy atom. The molecule has 5 atom stereocenters. The fourth-order valence-corrected chi connectivity index (χ4v) is 5.55. The zero-order chi connectivity index (χ0) is 23.8. The number of benzene rings is 1. The number of carboxylic acid groups (broad SMARTS) is 1. The fraction of sp³-hybridized carbons (Fsp3) is 0.421. The van der Waals surface area contributed by atoms with E-state index in [0.717, 1.165) is 0 Å². The Kier molecular flexibility index (Phi) is 7.13. The maximum absolute atomic E-state index is 12.3. The van der Waals surface area contributed by atoms with E-state index >= 15 is 0 Å². The third kappa shape index (κ3) is 5.06. The second kappa shape index (κ2) is 9.34. The molecule has 32 heavy (non-hydrogen) atoms. The quantitative estimate of drug-likeness (QED) is 0.222. The number of amides is 2. The van der Waals surface area contributed by atoms with E-state index in [1.54, 1.807) is 38.1 Å². The van der Waals surface area contributed by atoms with Gasteiger partial charge in [0.2, 0.25) is 5.91 Å². The van der Waals surface area contributed by atoms with Crippen molar-refractivity contribution in [3.8, 4) is 0 Å². The molecule has 13 heteroatoms. The summed E-state index contributed by atoms with van der Waals surface area (Å²) in [7, 11) is -3.90. The van der Waals surface area contributed by atoms with Crippen molar-refractivity contribution in [2.24, 2.45) is 5.73 Å². The number of β-lactam (4-membered cyclic amide) rings is 1. The molecule has 0 aliphatic carbocycles. The molecule has 0 spiro atoms. The smallest absolute Gasteiger partial charge is 0.356 e. The number of hydrogen-bond acceptors (Lipinski definition) is 7. The van der Waals surface area contributed by atoms with Crippen LogP contribution in [0.1, 0.15) is 25.5 Å². The Balaban J connectivity index is 0.000000305. The van der Waals surface area contributed by atoms with Crippen molar-refractivity contribution in [1.29, 1.82) is 0 Å². The molecule has 3 aliphatic rings. The topological polar surface area (TPSA) is 183 Å². The zero-order valence-corrected chi connectivity index (χ0v) is 19.0. The number of carbonyl (C=O) groups excluding carboxylic acids is 2. The van der Waals surface area contributed by atoms with Gasteiger partial charge in [0.15, 0.2) is 5.85 Å². The monoisotopic (exact) mass is 485 g/mol. The van der Waals surface area contributed by atoms with Crippen LogP contribution in [0.4, 0.5) is 0 Å². The van der Waals surface area contributed by atoms with Crippen molar-refractivity contribution in [3.63, 3.8) is 0 Å². The van der Waals surface area contributed by atoms with E-state index in [9.17, 15) is 24.1 Å². The number of thioether (sulfide) groups is 1. The second-order valence-electron chi connectivity index (χ2n) is 7.54. The maximum Gasteiger partial charge on any atom is 0.356 e. The number of aliphatic carboxylic acids is 1. The van der Waals surface area contributed by atoms with Gasteiger partial charge >= 0.3 is 13.6 Å². The van der Waals surface area contributed by atoms with Gasteiger partial charge in [-0.2, -0.15) is 0 Å². The molecular weight excluding hydrogens is 461 g/mol. The lowest BCUT2D eigenvalue weighted by Crippen LogP contribution is -2.71. The summed E-state index contributed by atoms with van der Waals surface area (Å²) in [5, 5.41) is 11.5. The van der Waals surface area contributed by atoms with Gasteiger partial charge in [0.1, 0.15) is 23.2 Å². The van der Waals surface area contributed by atoms with Gasteiger partial charge in [-0.1, -0.05) is 30.3 Å². The van der Waals surface area contributed by atoms with Crippen molar-refractivity contribution in [2.75, 3.05) is 5.75 Å². The standard InChI is InChI=1S/C16H17N3O4S.C3H7O4P/c1-8-7-24-15-11(14(21)19(15)12(8)16(22)23)18-13(20)10(17)9-5-3-2-4-6-9;1-2-3(7-2)8(4,5)6/h2-6,10-11,15H,7,17H2,1H3,(H,18,20)(H,22,23);2-3H,1H3,(H2,4,5,6). The van der Waals surface area contributed by atoms with Gasteiger partial charge in [-0.25, -0.2) is 4.79 Å². The Morgan fingerprint density at radius 2 is 1.91 bits per heavy atom. The number of carboxylic acids is 1. The van der Waals surface area contributed by atoms with E-state index in [2.05, 4.69) is 10.1 Å². The SMILES string of the molecule is CC1=C(C(=O)O)N2C(=O)C(NC(=O)C(N)c3ccccc3)C2SC1.CC1OC1P(=O)(O)O. The summed E-state index contributed by atoms with van der Waals surface area (Å²) >= 11 is 1.43. The lowest BCUT2D eigenvalue weighted by Gasteiger charge is -2.49. The summed E-state index contributed by atoms with van der Waals surface area (Å²) in [5.41, 5.74) is 7.24. The first kappa shape index (κ1) is 24.4. The summed E-state index contributed by atoms with van der Waals surface area (Å²) < 4.78 is 14.7. The van der Waals surface area contributed by atoms with Gasteiger partial charge in [0.05, 0.1) is 6.10 Å². The van der Waals surface area contributed by atoms with Crippen molar-refractivity contribution in [2.45, 2.75) is 43.3 Å². The van der Waals surface area contributed by atoms with Crippen LogP contribution in [-0.4, -0.2) is 66.7 Å². The Hall–Kier alpha value is -2.21.